The summed E-state index contributed by atoms with van der Waals surface area (Å²) in [4.78, 5) is 17.4. The Morgan fingerprint density at radius 1 is 1.16 bits per heavy atom. The SMILES string of the molecule is Cc1sc(-c2ccccc2)nc1C(=O)N/N=C\c1ccc(O)c(O)c1. The fourth-order valence-electron chi connectivity index (χ4n) is 2.15. The molecule has 0 bridgehead atoms. The summed E-state index contributed by atoms with van der Waals surface area (Å²) in [5.41, 5.74) is 4.24. The number of thiazole rings is 1. The molecule has 0 saturated carbocycles. The van der Waals surface area contributed by atoms with Gasteiger partial charge in [0.25, 0.3) is 5.91 Å². The maximum Gasteiger partial charge on any atom is 0.291 e. The molecule has 25 heavy (non-hydrogen) atoms. The lowest BCUT2D eigenvalue weighted by atomic mass is 10.2. The van der Waals surface area contributed by atoms with E-state index in [4.69, 9.17) is 0 Å². The molecule has 3 aromatic rings. The standard InChI is InChI=1S/C18H15N3O3S/c1-11-16(20-18(25-11)13-5-3-2-4-6-13)17(24)21-19-10-12-7-8-14(22)15(23)9-12/h2-10,22-23H,1H3,(H,21,24)/b19-10-. The zero-order valence-electron chi connectivity index (χ0n) is 13.3. The molecule has 0 spiro atoms. The molecule has 1 amide bonds. The Balaban J connectivity index is 1.72. The number of benzene rings is 2. The van der Waals surface area contributed by atoms with Gasteiger partial charge >= 0.3 is 0 Å². The van der Waals surface area contributed by atoms with Gasteiger partial charge in [-0.15, -0.1) is 11.3 Å². The Labute approximate surface area is 148 Å². The molecule has 2 aromatic carbocycles. The maximum absolute atomic E-state index is 12.3. The summed E-state index contributed by atoms with van der Waals surface area (Å²) in [5.74, 6) is -0.874. The molecule has 6 nitrogen and oxygen atoms in total. The lowest BCUT2D eigenvalue weighted by Crippen LogP contribution is -2.18. The van der Waals surface area contributed by atoms with Crippen molar-refractivity contribution in [3.8, 4) is 22.1 Å². The normalized spacial score (nSPS) is 10.9. The van der Waals surface area contributed by atoms with E-state index in [1.807, 2.05) is 37.3 Å². The number of phenols is 2. The highest BCUT2D eigenvalue weighted by Gasteiger charge is 2.15. The van der Waals surface area contributed by atoms with E-state index in [1.165, 1.54) is 29.7 Å². The Kier molecular flexibility index (Phi) is 4.76. The zero-order chi connectivity index (χ0) is 17.8. The fourth-order valence-corrected chi connectivity index (χ4v) is 3.07. The van der Waals surface area contributed by atoms with Crippen molar-refractivity contribution in [1.82, 2.24) is 10.4 Å². The topological polar surface area (TPSA) is 94.8 Å². The second-order valence-corrected chi connectivity index (χ2v) is 6.44. The molecule has 0 fully saturated rings. The first kappa shape index (κ1) is 16.7. The average Bonchev–Trinajstić information content (AvgIpc) is 3.01. The fraction of sp³-hybridized carbons (Fsp3) is 0.0556. The molecule has 0 aliphatic rings. The Hall–Kier alpha value is -3.19. The third-order valence-electron chi connectivity index (χ3n) is 3.41. The van der Waals surface area contributed by atoms with Crippen LogP contribution in [-0.2, 0) is 0 Å². The monoisotopic (exact) mass is 353 g/mol. The Morgan fingerprint density at radius 3 is 2.64 bits per heavy atom. The van der Waals surface area contributed by atoms with Gasteiger partial charge in [-0.25, -0.2) is 10.4 Å². The first-order valence-corrected chi connectivity index (χ1v) is 8.24. The van der Waals surface area contributed by atoms with E-state index < -0.39 is 5.91 Å². The highest BCUT2D eigenvalue weighted by atomic mass is 32.1. The van der Waals surface area contributed by atoms with Crippen LogP contribution < -0.4 is 5.43 Å². The number of aromatic hydroxyl groups is 2. The van der Waals surface area contributed by atoms with Gasteiger partial charge in [0.05, 0.1) is 6.21 Å². The maximum atomic E-state index is 12.3. The highest BCUT2D eigenvalue weighted by molar-refractivity contribution is 7.15. The average molecular weight is 353 g/mol. The van der Waals surface area contributed by atoms with Crippen LogP contribution in [-0.4, -0.2) is 27.3 Å². The third kappa shape index (κ3) is 3.84. The number of carbonyl (C=O) groups excluding carboxylic acids is 1. The molecule has 3 rings (SSSR count). The predicted molar refractivity (Wildman–Crippen MR) is 97.1 cm³/mol. The van der Waals surface area contributed by atoms with Crippen molar-refractivity contribution >= 4 is 23.5 Å². The molecule has 1 aromatic heterocycles. The molecule has 0 radical (unpaired) electrons. The molecule has 0 atom stereocenters. The number of amides is 1. The third-order valence-corrected chi connectivity index (χ3v) is 4.43. The summed E-state index contributed by atoms with van der Waals surface area (Å²) in [6.45, 7) is 1.83. The molecule has 126 valence electrons. The van der Waals surface area contributed by atoms with Gasteiger partial charge in [-0.1, -0.05) is 30.3 Å². The van der Waals surface area contributed by atoms with E-state index in [9.17, 15) is 15.0 Å². The van der Waals surface area contributed by atoms with Gasteiger partial charge in [0.2, 0.25) is 0 Å². The van der Waals surface area contributed by atoms with Gasteiger partial charge in [0, 0.05) is 10.4 Å². The quantitative estimate of drug-likeness (QED) is 0.381. The van der Waals surface area contributed by atoms with Crippen LogP contribution in [0.4, 0.5) is 0 Å². The van der Waals surface area contributed by atoms with Crippen LogP contribution >= 0.6 is 11.3 Å². The lowest BCUT2D eigenvalue weighted by Gasteiger charge is -1.99. The van der Waals surface area contributed by atoms with E-state index in [0.717, 1.165) is 15.4 Å². The van der Waals surface area contributed by atoms with Crippen LogP contribution in [0.25, 0.3) is 10.6 Å². The molecule has 3 N–H and O–H groups in total. The molecule has 1 heterocycles. The molecule has 0 aliphatic heterocycles. The smallest absolute Gasteiger partial charge is 0.291 e. The lowest BCUT2D eigenvalue weighted by molar-refractivity contribution is 0.0950. The van der Waals surface area contributed by atoms with Gasteiger partial charge in [0.15, 0.2) is 11.5 Å². The number of phenolic OH excluding ortho intramolecular Hbond substituents is 2. The zero-order valence-corrected chi connectivity index (χ0v) is 14.1. The van der Waals surface area contributed by atoms with Crippen molar-refractivity contribution in [3.05, 3.63) is 64.7 Å². The molecule has 7 heteroatoms. The number of nitrogens with zero attached hydrogens (tertiary/aromatic N) is 2. The van der Waals surface area contributed by atoms with Crippen LogP contribution in [0.2, 0.25) is 0 Å². The first-order chi connectivity index (χ1) is 12.0. The van der Waals surface area contributed by atoms with E-state index >= 15 is 0 Å². The van der Waals surface area contributed by atoms with Gasteiger partial charge < -0.3 is 10.2 Å². The van der Waals surface area contributed by atoms with Crippen LogP contribution in [0.1, 0.15) is 20.9 Å². The number of hydrazone groups is 1. The van der Waals surface area contributed by atoms with Crippen LogP contribution in [0.5, 0.6) is 11.5 Å². The van der Waals surface area contributed by atoms with E-state index in [0.29, 0.717) is 11.3 Å². The Morgan fingerprint density at radius 2 is 1.92 bits per heavy atom. The minimum Gasteiger partial charge on any atom is -0.504 e. The number of hydrogen-bond acceptors (Lipinski definition) is 6. The van der Waals surface area contributed by atoms with Crippen molar-refractivity contribution in [2.24, 2.45) is 5.10 Å². The van der Waals surface area contributed by atoms with Gasteiger partial charge in [-0.05, 0) is 30.7 Å². The van der Waals surface area contributed by atoms with Crippen molar-refractivity contribution in [3.63, 3.8) is 0 Å². The number of aromatic nitrogens is 1. The highest BCUT2D eigenvalue weighted by Crippen LogP contribution is 2.27. The predicted octanol–water partition coefficient (Wildman–Crippen LogP) is 3.29. The Bertz CT molecular complexity index is 936. The minimum atomic E-state index is -0.407. The van der Waals surface area contributed by atoms with Gasteiger partial charge in [-0.2, -0.15) is 5.10 Å². The summed E-state index contributed by atoms with van der Waals surface area (Å²) in [6, 6.07) is 13.9. The van der Waals surface area contributed by atoms with Gasteiger partial charge in [0.1, 0.15) is 10.7 Å². The largest absolute Gasteiger partial charge is 0.504 e. The van der Waals surface area contributed by atoms with E-state index in [-0.39, 0.29) is 11.5 Å². The van der Waals surface area contributed by atoms with E-state index in [2.05, 4.69) is 15.5 Å². The molecule has 0 unspecified atom stereocenters. The molecule has 0 saturated heterocycles. The minimum absolute atomic E-state index is 0.215. The second kappa shape index (κ2) is 7.14. The van der Waals surface area contributed by atoms with Crippen LogP contribution in [0, 0.1) is 6.92 Å². The van der Waals surface area contributed by atoms with Crippen LogP contribution in [0.15, 0.2) is 53.6 Å². The molecule has 0 aliphatic carbocycles. The molecular formula is C18H15N3O3S. The van der Waals surface area contributed by atoms with Crippen molar-refractivity contribution in [2.75, 3.05) is 0 Å². The van der Waals surface area contributed by atoms with E-state index in [1.54, 1.807) is 6.07 Å². The number of carbonyl (C=O) groups is 1. The summed E-state index contributed by atoms with van der Waals surface area (Å²) in [7, 11) is 0. The number of aryl methyl sites for hydroxylation is 1. The number of hydrogen-bond donors (Lipinski definition) is 3. The summed E-state index contributed by atoms with van der Waals surface area (Å²) >= 11 is 1.44. The van der Waals surface area contributed by atoms with Gasteiger partial charge in [-0.3, -0.25) is 4.79 Å². The number of nitrogens with one attached hydrogen (secondary N) is 1. The number of rotatable bonds is 4. The second-order valence-electron chi connectivity index (χ2n) is 5.24. The van der Waals surface area contributed by atoms with Crippen molar-refractivity contribution in [2.45, 2.75) is 6.92 Å². The summed E-state index contributed by atoms with van der Waals surface area (Å²) in [5, 5.41) is 23.3. The summed E-state index contributed by atoms with van der Waals surface area (Å²) in [6.07, 6.45) is 1.37. The van der Waals surface area contributed by atoms with Crippen molar-refractivity contribution < 1.29 is 15.0 Å². The molecular weight excluding hydrogens is 338 g/mol. The first-order valence-electron chi connectivity index (χ1n) is 7.43. The summed E-state index contributed by atoms with van der Waals surface area (Å²) < 4.78 is 0. The van der Waals surface area contributed by atoms with Crippen molar-refractivity contribution in [1.29, 1.82) is 0 Å². The van der Waals surface area contributed by atoms with Crippen LogP contribution in [0.3, 0.4) is 0 Å².